The van der Waals surface area contributed by atoms with E-state index in [0.29, 0.717) is 5.69 Å². The third-order valence-corrected chi connectivity index (χ3v) is 5.41. The number of pyridine rings is 1. The van der Waals surface area contributed by atoms with E-state index in [1.165, 1.54) is 4.90 Å². The second-order valence-electron chi connectivity index (χ2n) is 7.30. The highest BCUT2D eigenvalue weighted by molar-refractivity contribution is 6.23. The molecule has 3 heterocycles. The van der Waals surface area contributed by atoms with Crippen LogP contribution in [0.1, 0.15) is 17.2 Å². The highest BCUT2D eigenvalue weighted by atomic mass is 16.7. The second-order valence-corrected chi connectivity index (χ2v) is 7.30. The Bertz CT molecular complexity index is 1070. The van der Waals surface area contributed by atoms with Crippen LogP contribution in [0.2, 0.25) is 0 Å². The number of rotatable bonds is 3. The van der Waals surface area contributed by atoms with E-state index in [0.717, 1.165) is 16.8 Å². The van der Waals surface area contributed by atoms with Gasteiger partial charge in [-0.1, -0.05) is 36.4 Å². The van der Waals surface area contributed by atoms with E-state index in [2.05, 4.69) is 4.98 Å². The van der Waals surface area contributed by atoms with Crippen molar-refractivity contribution in [3.05, 3.63) is 90.3 Å². The molecule has 144 valence electrons. The van der Waals surface area contributed by atoms with Crippen molar-refractivity contribution in [2.75, 3.05) is 9.96 Å². The maximum atomic E-state index is 13.4. The maximum absolute atomic E-state index is 13.4. The lowest BCUT2D eigenvalue weighted by Crippen LogP contribution is -2.37. The fraction of sp³-hybridized carbons (Fsp3) is 0.174. The van der Waals surface area contributed by atoms with Gasteiger partial charge in [0.1, 0.15) is 5.92 Å². The van der Waals surface area contributed by atoms with Gasteiger partial charge in [-0.3, -0.25) is 19.4 Å². The van der Waals surface area contributed by atoms with Gasteiger partial charge in [0, 0.05) is 12.4 Å². The van der Waals surface area contributed by atoms with Crippen molar-refractivity contribution < 1.29 is 14.4 Å². The van der Waals surface area contributed by atoms with Gasteiger partial charge >= 0.3 is 0 Å². The Balaban J connectivity index is 1.59. The molecule has 2 saturated heterocycles. The van der Waals surface area contributed by atoms with Crippen LogP contribution in [-0.2, 0) is 14.4 Å². The van der Waals surface area contributed by atoms with Crippen LogP contribution in [0.15, 0.2) is 79.1 Å². The molecule has 0 radical (unpaired) electrons. The van der Waals surface area contributed by atoms with E-state index in [1.54, 1.807) is 23.5 Å². The number of hydroxylamine groups is 1. The van der Waals surface area contributed by atoms with Crippen LogP contribution in [0.4, 0.5) is 11.4 Å². The number of para-hydroxylation sites is 1. The lowest BCUT2D eigenvalue weighted by atomic mass is 9.91. The molecule has 0 aliphatic carbocycles. The zero-order chi connectivity index (χ0) is 20.0. The fourth-order valence-electron chi connectivity index (χ4n) is 4.12. The first kappa shape index (κ1) is 17.6. The molecule has 3 aromatic rings. The minimum atomic E-state index is -0.867. The lowest BCUT2D eigenvalue weighted by molar-refractivity contribution is -0.126. The first-order valence-electron chi connectivity index (χ1n) is 9.50. The number of anilines is 2. The van der Waals surface area contributed by atoms with E-state index < -0.39 is 18.1 Å². The number of carbonyl (C=O) groups is 2. The van der Waals surface area contributed by atoms with Gasteiger partial charge in [0.05, 0.1) is 17.4 Å². The number of hydrogen-bond acceptors (Lipinski definition) is 5. The number of benzene rings is 2. The van der Waals surface area contributed by atoms with Crippen LogP contribution < -0.4 is 9.96 Å². The molecule has 0 unspecified atom stereocenters. The van der Waals surface area contributed by atoms with E-state index in [1.807, 2.05) is 67.6 Å². The van der Waals surface area contributed by atoms with Gasteiger partial charge in [-0.2, -0.15) is 0 Å². The highest BCUT2D eigenvalue weighted by Gasteiger charge is 2.60. The van der Waals surface area contributed by atoms with Gasteiger partial charge in [0.2, 0.25) is 5.91 Å². The summed E-state index contributed by atoms with van der Waals surface area (Å²) in [7, 11) is 0. The van der Waals surface area contributed by atoms with Crippen LogP contribution in [-0.4, -0.2) is 22.9 Å². The predicted molar refractivity (Wildman–Crippen MR) is 108 cm³/mol. The summed E-state index contributed by atoms with van der Waals surface area (Å²) in [6.45, 7) is 1.93. The van der Waals surface area contributed by atoms with E-state index in [9.17, 15) is 9.59 Å². The molecule has 0 spiro atoms. The van der Waals surface area contributed by atoms with Crippen molar-refractivity contribution in [3.8, 4) is 0 Å². The molecule has 6 nitrogen and oxygen atoms in total. The Kier molecular flexibility index (Phi) is 4.14. The van der Waals surface area contributed by atoms with Crippen LogP contribution in [0, 0.1) is 12.8 Å². The molecule has 6 heteroatoms. The number of fused-ring (bicyclic) bond motifs is 1. The Morgan fingerprint density at radius 2 is 1.69 bits per heavy atom. The van der Waals surface area contributed by atoms with Crippen LogP contribution in [0.25, 0.3) is 0 Å². The predicted octanol–water partition coefficient (Wildman–Crippen LogP) is 3.44. The third kappa shape index (κ3) is 2.80. The van der Waals surface area contributed by atoms with Crippen molar-refractivity contribution in [3.63, 3.8) is 0 Å². The average molecular weight is 385 g/mol. The number of nitrogens with zero attached hydrogens (tertiary/aromatic N) is 3. The molecule has 5 rings (SSSR count). The number of amides is 2. The first-order valence-corrected chi connectivity index (χ1v) is 9.50. The average Bonchev–Trinajstić information content (AvgIpc) is 3.26. The topological polar surface area (TPSA) is 62.7 Å². The number of carbonyl (C=O) groups excluding carboxylic acids is 2. The minimum absolute atomic E-state index is 0.252. The van der Waals surface area contributed by atoms with Gasteiger partial charge in [-0.15, -0.1) is 0 Å². The van der Waals surface area contributed by atoms with Gasteiger partial charge < -0.3 is 0 Å². The van der Waals surface area contributed by atoms with E-state index in [4.69, 9.17) is 4.84 Å². The molecule has 0 bridgehead atoms. The van der Waals surface area contributed by atoms with Crippen molar-refractivity contribution in [1.82, 2.24) is 4.98 Å². The van der Waals surface area contributed by atoms with Crippen LogP contribution >= 0.6 is 0 Å². The second kappa shape index (κ2) is 6.83. The summed E-state index contributed by atoms with van der Waals surface area (Å²) in [5.74, 6) is -1.23. The minimum Gasteiger partial charge on any atom is -0.273 e. The Hall–Kier alpha value is -3.51. The van der Waals surface area contributed by atoms with Crippen molar-refractivity contribution in [2.24, 2.45) is 5.92 Å². The SMILES string of the molecule is Cc1cccc(N2C(=O)[C@@H]3[C@@H](c4cccnc4)N(c4ccccc4)O[C@H]3C2=O)c1. The molecule has 3 atom stereocenters. The van der Waals surface area contributed by atoms with E-state index >= 15 is 0 Å². The van der Waals surface area contributed by atoms with Crippen molar-refractivity contribution in [2.45, 2.75) is 19.1 Å². The van der Waals surface area contributed by atoms with Gasteiger partial charge in [-0.25, -0.2) is 9.96 Å². The molecule has 1 aromatic heterocycles. The molecule has 0 N–H and O–H groups in total. The summed E-state index contributed by atoms with van der Waals surface area (Å²) in [5.41, 5.74) is 3.18. The summed E-state index contributed by atoms with van der Waals surface area (Å²) in [4.78, 5) is 38.2. The summed E-state index contributed by atoms with van der Waals surface area (Å²) in [6, 6.07) is 20.2. The lowest BCUT2D eigenvalue weighted by Gasteiger charge is -2.28. The van der Waals surface area contributed by atoms with Crippen molar-refractivity contribution >= 4 is 23.2 Å². The molecule has 0 saturated carbocycles. The zero-order valence-corrected chi connectivity index (χ0v) is 15.8. The quantitative estimate of drug-likeness (QED) is 0.647. The molecule has 2 aliphatic rings. The monoisotopic (exact) mass is 385 g/mol. The van der Waals surface area contributed by atoms with Crippen LogP contribution in [0.5, 0.6) is 0 Å². The van der Waals surface area contributed by atoms with Gasteiger partial charge in [0.25, 0.3) is 5.91 Å². The Labute approximate surface area is 168 Å². The summed E-state index contributed by atoms with van der Waals surface area (Å²) in [6.07, 6.45) is 2.54. The van der Waals surface area contributed by atoms with Crippen molar-refractivity contribution in [1.29, 1.82) is 0 Å². The summed E-state index contributed by atoms with van der Waals surface area (Å²) < 4.78 is 0. The first-order chi connectivity index (χ1) is 14.1. The number of imide groups is 1. The fourth-order valence-corrected chi connectivity index (χ4v) is 4.12. The van der Waals surface area contributed by atoms with Gasteiger partial charge in [0.15, 0.2) is 6.10 Å². The standard InChI is InChI=1S/C23H19N3O3/c1-15-7-5-11-18(13-15)25-22(27)19-20(16-8-6-12-24-14-16)26(29-21(19)23(25)28)17-9-3-2-4-10-17/h2-14,19-21H,1H3/t19-,20-,21-/m1/s1. The Morgan fingerprint density at radius 3 is 2.41 bits per heavy atom. The normalized spacial score (nSPS) is 23.6. The molecule has 2 fully saturated rings. The molecule has 2 aromatic carbocycles. The number of aryl methyl sites for hydroxylation is 1. The molecule has 29 heavy (non-hydrogen) atoms. The van der Waals surface area contributed by atoms with Gasteiger partial charge in [-0.05, 0) is 48.4 Å². The largest absolute Gasteiger partial charge is 0.273 e. The molecular formula is C23H19N3O3. The smallest absolute Gasteiger partial charge is 0.266 e. The summed E-state index contributed by atoms with van der Waals surface area (Å²) in [5, 5.41) is 1.68. The zero-order valence-electron chi connectivity index (χ0n) is 15.8. The Morgan fingerprint density at radius 1 is 0.897 bits per heavy atom. The number of aromatic nitrogens is 1. The van der Waals surface area contributed by atoms with Crippen LogP contribution in [0.3, 0.4) is 0 Å². The highest BCUT2D eigenvalue weighted by Crippen LogP contribution is 2.47. The maximum Gasteiger partial charge on any atom is 0.266 e. The molecular weight excluding hydrogens is 366 g/mol. The third-order valence-electron chi connectivity index (χ3n) is 5.41. The molecule has 2 aliphatic heterocycles. The summed E-state index contributed by atoms with van der Waals surface area (Å²) >= 11 is 0. The van der Waals surface area contributed by atoms with E-state index in [-0.39, 0.29) is 11.8 Å². The molecule has 2 amide bonds. The number of hydrogen-bond donors (Lipinski definition) is 0.